The zero-order valence-electron chi connectivity index (χ0n) is 15.2. The van der Waals surface area contributed by atoms with E-state index < -0.39 is 20.0 Å². The van der Waals surface area contributed by atoms with Crippen LogP contribution < -0.4 is 9.44 Å². The van der Waals surface area contributed by atoms with Crippen LogP contribution in [0.1, 0.15) is 11.1 Å². The molecule has 0 radical (unpaired) electrons. The van der Waals surface area contributed by atoms with Crippen LogP contribution >= 0.6 is 0 Å². The van der Waals surface area contributed by atoms with E-state index in [-0.39, 0.29) is 9.79 Å². The Kier molecular flexibility index (Phi) is 5.83. The number of hydrogen-bond donors (Lipinski definition) is 2. The highest BCUT2D eigenvalue weighted by atomic mass is 32.2. The minimum atomic E-state index is -3.86. The third-order valence-electron chi connectivity index (χ3n) is 4.21. The van der Waals surface area contributed by atoms with E-state index in [9.17, 15) is 16.8 Å². The number of nitrogens with one attached hydrogen (secondary N) is 2. The molecule has 0 aliphatic heterocycles. The van der Waals surface area contributed by atoms with Crippen molar-refractivity contribution < 1.29 is 16.8 Å². The summed E-state index contributed by atoms with van der Waals surface area (Å²) in [6.45, 7) is 0. The van der Waals surface area contributed by atoms with Gasteiger partial charge in [0.05, 0.1) is 15.5 Å². The monoisotopic (exact) mass is 416 g/mol. The lowest BCUT2D eigenvalue weighted by Crippen LogP contribution is -2.19. The van der Waals surface area contributed by atoms with Gasteiger partial charge in [0.1, 0.15) is 0 Å². The molecule has 0 heterocycles. The van der Waals surface area contributed by atoms with Gasteiger partial charge >= 0.3 is 0 Å². The lowest BCUT2D eigenvalue weighted by atomic mass is 10.0. The Morgan fingerprint density at radius 1 is 0.679 bits per heavy atom. The normalized spacial score (nSPS) is 11.9. The molecule has 0 aromatic heterocycles. The largest absolute Gasteiger partial charge is 0.279 e. The van der Waals surface area contributed by atoms with Gasteiger partial charge in [-0.05, 0) is 54.9 Å². The van der Waals surface area contributed by atoms with Gasteiger partial charge in [-0.2, -0.15) is 0 Å². The van der Waals surface area contributed by atoms with Gasteiger partial charge in [-0.1, -0.05) is 48.5 Å². The second-order valence-corrected chi connectivity index (χ2v) is 9.67. The van der Waals surface area contributed by atoms with Crippen LogP contribution in [0.4, 0.5) is 5.69 Å². The molecule has 0 fully saturated rings. The minimum absolute atomic E-state index is 0.00146. The van der Waals surface area contributed by atoms with Crippen molar-refractivity contribution >= 4 is 25.7 Å². The van der Waals surface area contributed by atoms with Crippen molar-refractivity contribution in [2.24, 2.45) is 0 Å². The van der Waals surface area contributed by atoms with Crippen LogP contribution in [0.15, 0.2) is 88.7 Å². The second-order valence-electron chi connectivity index (χ2n) is 6.10. The number of hydrogen-bond acceptors (Lipinski definition) is 4. The highest BCUT2D eigenvalue weighted by molar-refractivity contribution is 7.92. The van der Waals surface area contributed by atoms with Crippen LogP contribution in [-0.4, -0.2) is 23.9 Å². The molecule has 3 aromatic rings. The minimum Gasteiger partial charge on any atom is -0.279 e. The summed E-state index contributed by atoms with van der Waals surface area (Å²) in [7, 11) is -6.19. The van der Waals surface area contributed by atoms with E-state index in [0.29, 0.717) is 12.1 Å². The molecule has 0 amide bonds. The average molecular weight is 417 g/mol. The summed E-state index contributed by atoms with van der Waals surface area (Å²) < 4.78 is 53.9. The molecular weight excluding hydrogens is 396 g/mol. The Hall–Kier alpha value is -2.68. The first-order chi connectivity index (χ1) is 13.3. The smallest absolute Gasteiger partial charge is 0.261 e. The van der Waals surface area contributed by atoms with Crippen LogP contribution in [0.25, 0.3) is 0 Å². The Bertz CT molecular complexity index is 1160. The highest BCUT2D eigenvalue weighted by Crippen LogP contribution is 2.23. The molecular formula is C20H20N2O4S2. The van der Waals surface area contributed by atoms with Crippen molar-refractivity contribution in [1.82, 2.24) is 4.72 Å². The van der Waals surface area contributed by atoms with Crippen LogP contribution in [0, 0.1) is 0 Å². The van der Waals surface area contributed by atoms with E-state index in [1.54, 1.807) is 12.1 Å². The Morgan fingerprint density at radius 3 is 1.82 bits per heavy atom. The molecule has 0 saturated carbocycles. The predicted molar refractivity (Wildman–Crippen MR) is 109 cm³/mol. The standard InChI is InChI=1S/C20H20N2O4S2/c1-21-27(23,24)18-11-13-19(14-12-18)28(25,26)22-20-10-6-5-9-17(20)15-16-7-3-2-4-8-16/h2-14,21-22H,15H2,1H3. The third-order valence-corrected chi connectivity index (χ3v) is 7.02. The maximum Gasteiger partial charge on any atom is 0.261 e. The lowest BCUT2D eigenvalue weighted by Gasteiger charge is -2.13. The molecule has 0 atom stereocenters. The van der Waals surface area contributed by atoms with Crippen molar-refractivity contribution in [2.75, 3.05) is 11.8 Å². The SMILES string of the molecule is CNS(=O)(=O)c1ccc(S(=O)(=O)Nc2ccccc2Cc2ccccc2)cc1. The molecule has 0 unspecified atom stereocenters. The maximum atomic E-state index is 12.8. The van der Waals surface area contributed by atoms with Crippen LogP contribution in [0.5, 0.6) is 0 Å². The molecule has 28 heavy (non-hydrogen) atoms. The van der Waals surface area contributed by atoms with Gasteiger partial charge in [-0.3, -0.25) is 4.72 Å². The zero-order valence-corrected chi connectivity index (χ0v) is 16.8. The van der Waals surface area contributed by atoms with Crippen LogP contribution in [-0.2, 0) is 26.5 Å². The molecule has 3 rings (SSSR count). The average Bonchev–Trinajstić information content (AvgIpc) is 2.70. The summed E-state index contributed by atoms with van der Waals surface area (Å²) >= 11 is 0. The first-order valence-electron chi connectivity index (χ1n) is 8.50. The number of benzene rings is 3. The van der Waals surface area contributed by atoms with Gasteiger partial charge in [0.25, 0.3) is 10.0 Å². The Balaban J connectivity index is 1.87. The number of anilines is 1. The first-order valence-corrected chi connectivity index (χ1v) is 11.5. The first kappa shape index (κ1) is 20.1. The summed E-state index contributed by atoms with van der Waals surface area (Å²) in [6.07, 6.45) is 0.582. The van der Waals surface area contributed by atoms with Crippen molar-refractivity contribution in [3.63, 3.8) is 0 Å². The molecule has 0 bridgehead atoms. The fraction of sp³-hybridized carbons (Fsp3) is 0.100. The predicted octanol–water partition coefficient (Wildman–Crippen LogP) is 2.99. The fourth-order valence-electron chi connectivity index (χ4n) is 2.71. The topological polar surface area (TPSA) is 92.3 Å². The summed E-state index contributed by atoms with van der Waals surface area (Å²) in [5.74, 6) is 0. The number of para-hydroxylation sites is 1. The van der Waals surface area contributed by atoms with E-state index in [4.69, 9.17) is 0 Å². The Labute approximate surface area is 165 Å². The summed E-state index contributed by atoms with van der Waals surface area (Å²) in [6, 6.07) is 22.0. The zero-order chi connectivity index (χ0) is 20.2. The van der Waals surface area contributed by atoms with Crippen LogP contribution in [0.3, 0.4) is 0 Å². The summed E-state index contributed by atoms with van der Waals surface area (Å²) in [4.78, 5) is -0.0181. The molecule has 0 aliphatic carbocycles. The Morgan fingerprint density at radius 2 is 1.21 bits per heavy atom. The summed E-state index contributed by atoms with van der Waals surface area (Å²) in [5.41, 5.74) is 2.39. The van der Waals surface area contributed by atoms with Gasteiger partial charge in [0, 0.05) is 0 Å². The molecule has 8 heteroatoms. The van der Waals surface area contributed by atoms with Crippen molar-refractivity contribution in [3.8, 4) is 0 Å². The summed E-state index contributed by atoms with van der Waals surface area (Å²) in [5, 5.41) is 0. The van der Waals surface area contributed by atoms with E-state index in [1.807, 2.05) is 42.5 Å². The van der Waals surface area contributed by atoms with Gasteiger partial charge in [-0.15, -0.1) is 0 Å². The molecule has 146 valence electrons. The number of sulfonamides is 2. The molecule has 0 saturated heterocycles. The van der Waals surface area contributed by atoms with Gasteiger partial charge in [-0.25, -0.2) is 21.6 Å². The molecule has 6 nitrogen and oxygen atoms in total. The van der Waals surface area contributed by atoms with Gasteiger partial charge in [0.2, 0.25) is 10.0 Å². The van der Waals surface area contributed by atoms with E-state index in [0.717, 1.165) is 11.1 Å². The second kappa shape index (κ2) is 8.14. The van der Waals surface area contributed by atoms with E-state index in [2.05, 4.69) is 9.44 Å². The highest BCUT2D eigenvalue weighted by Gasteiger charge is 2.18. The van der Waals surface area contributed by atoms with E-state index >= 15 is 0 Å². The van der Waals surface area contributed by atoms with Crippen LogP contribution in [0.2, 0.25) is 0 Å². The van der Waals surface area contributed by atoms with Crippen molar-refractivity contribution in [3.05, 3.63) is 90.0 Å². The molecule has 3 aromatic carbocycles. The molecule has 2 N–H and O–H groups in total. The maximum absolute atomic E-state index is 12.8. The number of rotatable bonds is 7. The van der Waals surface area contributed by atoms with E-state index in [1.165, 1.54) is 31.3 Å². The third kappa shape index (κ3) is 4.59. The molecule has 0 aliphatic rings. The van der Waals surface area contributed by atoms with Crippen molar-refractivity contribution in [2.45, 2.75) is 16.2 Å². The fourth-order valence-corrected chi connectivity index (χ4v) is 4.54. The van der Waals surface area contributed by atoms with Gasteiger partial charge < -0.3 is 0 Å². The lowest BCUT2D eigenvalue weighted by molar-refractivity contribution is 0.587. The molecule has 0 spiro atoms. The van der Waals surface area contributed by atoms with Gasteiger partial charge in [0.15, 0.2) is 0 Å². The quantitative estimate of drug-likeness (QED) is 0.619. The van der Waals surface area contributed by atoms with Crippen molar-refractivity contribution in [1.29, 1.82) is 0 Å².